The van der Waals surface area contributed by atoms with Crippen LogP contribution < -0.4 is 5.32 Å². The Bertz CT molecular complexity index is 520. The van der Waals surface area contributed by atoms with Gasteiger partial charge in [0.25, 0.3) is 0 Å². The molecule has 2 unspecified atom stereocenters. The Hall–Kier alpha value is -1.74. The minimum Gasteiger partial charge on any atom is -0.493 e. The summed E-state index contributed by atoms with van der Waals surface area (Å²) in [7, 11) is 1.43. The van der Waals surface area contributed by atoms with Gasteiger partial charge >= 0.3 is 11.9 Å². The van der Waals surface area contributed by atoms with Gasteiger partial charge in [-0.3, -0.25) is 9.79 Å². The molecule has 0 aromatic rings. The maximum atomic E-state index is 11.4. The molecule has 0 aromatic heterocycles. The summed E-state index contributed by atoms with van der Waals surface area (Å²) in [5.41, 5.74) is 0.974. The van der Waals surface area contributed by atoms with Gasteiger partial charge in [0.1, 0.15) is 12.6 Å². The van der Waals surface area contributed by atoms with Crippen molar-refractivity contribution in [3.05, 3.63) is 11.5 Å². The number of aliphatic hydroxyl groups excluding tert-OH is 1. The zero-order chi connectivity index (χ0) is 18.1. The third-order valence-corrected chi connectivity index (χ3v) is 4.28. The molecule has 1 rings (SSSR count). The first-order valence-electron chi connectivity index (χ1n) is 7.54. The van der Waals surface area contributed by atoms with E-state index in [2.05, 4.69) is 10.3 Å². The molecule has 0 saturated heterocycles. The van der Waals surface area contributed by atoms with Gasteiger partial charge in [-0.15, -0.1) is 0 Å². The fourth-order valence-electron chi connectivity index (χ4n) is 2.49. The van der Waals surface area contributed by atoms with E-state index in [1.165, 1.54) is 7.11 Å². The molecule has 0 aromatic carbocycles. The van der Waals surface area contributed by atoms with Crippen molar-refractivity contribution in [2.75, 3.05) is 32.3 Å². The molecule has 136 valence electrons. The molecule has 0 saturated carbocycles. The molecule has 8 nitrogen and oxygen atoms in total. The zero-order valence-corrected chi connectivity index (χ0v) is 14.6. The lowest BCUT2D eigenvalue weighted by atomic mass is 9.89. The van der Waals surface area contributed by atoms with E-state index in [-0.39, 0.29) is 12.5 Å². The van der Waals surface area contributed by atoms with Gasteiger partial charge in [-0.2, -0.15) is 11.8 Å². The summed E-state index contributed by atoms with van der Waals surface area (Å²) < 4.78 is 5.34. The Morgan fingerprint density at radius 2 is 2.12 bits per heavy atom. The fourth-order valence-corrected chi connectivity index (χ4v) is 2.96. The molecule has 2 atom stereocenters. The van der Waals surface area contributed by atoms with Crippen LogP contribution in [0.2, 0.25) is 0 Å². The summed E-state index contributed by atoms with van der Waals surface area (Å²) >= 11 is 1.55. The molecule has 1 aliphatic rings. The van der Waals surface area contributed by atoms with E-state index in [1.807, 2.05) is 6.26 Å². The van der Waals surface area contributed by atoms with Crippen molar-refractivity contribution in [1.29, 1.82) is 0 Å². The number of carboxylic acid groups (broad SMARTS) is 2. The van der Waals surface area contributed by atoms with E-state index >= 15 is 0 Å². The van der Waals surface area contributed by atoms with Crippen LogP contribution in [0.5, 0.6) is 0 Å². The Morgan fingerprint density at radius 1 is 1.42 bits per heavy atom. The first kappa shape index (κ1) is 20.3. The number of nitrogens with zero attached hydrogens (tertiary/aromatic N) is 1. The van der Waals surface area contributed by atoms with Crippen LogP contribution in [-0.4, -0.2) is 71.3 Å². The Labute approximate surface area is 145 Å². The van der Waals surface area contributed by atoms with Gasteiger partial charge < -0.3 is 25.4 Å². The van der Waals surface area contributed by atoms with Crippen molar-refractivity contribution in [2.45, 2.75) is 25.3 Å². The highest BCUT2D eigenvalue weighted by Gasteiger charge is 2.29. The maximum absolute atomic E-state index is 11.4. The number of hydrogen-bond acceptors (Lipinski definition) is 7. The quantitative estimate of drug-likeness (QED) is 0.445. The van der Waals surface area contributed by atoms with Gasteiger partial charge in [0, 0.05) is 6.61 Å². The molecular formula is C15H24N2O6S. The van der Waals surface area contributed by atoms with Gasteiger partial charge in [-0.1, -0.05) is 0 Å². The number of rotatable bonds is 10. The lowest BCUT2D eigenvalue weighted by Crippen LogP contribution is -2.40. The SMILES string of the molecule is COC1=C(NC(CCSC)C(=O)O)CC(CO)CC1=NCC(=O)O. The summed E-state index contributed by atoms with van der Waals surface area (Å²) in [5.74, 6) is -1.14. The molecule has 0 radical (unpaired) electrons. The molecule has 24 heavy (non-hydrogen) atoms. The minimum atomic E-state index is -1.07. The number of allylic oxidation sites excluding steroid dienone is 2. The number of aliphatic carboxylic acids is 2. The predicted molar refractivity (Wildman–Crippen MR) is 91.3 cm³/mol. The van der Waals surface area contributed by atoms with E-state index in [4.69, 9.17) is 9.84 Å². The van der Waals surface area contributed by atoms with E-state index in [0.29, 0.717) is 42.2 Å². The smallest absolute Gasteiger partial charge is 0.326 e. The molecule has 0 fully saturated rings. The largest absolute Gasteiger partial charge is 0.493 e. The Morgan fingerprint density at radius 3 is 2.62 bits per heavy atom. The van der Waals surface area contributed by atoms with Crippen molar-refractivity contribution in [3.63, 3.8) is 0 Å². The van der Waals surface area contributed by atoms with Crippen LogP contribution in [0.4, 0.5) is 0 Å². The van der Waals surface area contributed by atoms with Crippen LogP contribution in [-0.2, 0) is 14.3 Å². The molecular weight excluding hydrogens is 336 g/mol. The molecule has 1 aliphatic carbocycles. The van der Waals surface area contributed by atoms with Crippen LogP contribution >= 0.6 is 11.8 Å². The van der Waals surface area contributed by atoms with Crippen LogP contribution in [0.3, 0.4) is 0 Å². The molecule has 0 heterocycles. The maximum Gasteiger partial charge on any atom is 0.326 e. The van der Waals surface area contributed by atoms with Gasteiger partial charge in [0.05, 0.1) is 18.5 Å². The van der Waals surface area contributed by atoms with Crippen LogP contribution in [0, 0.1) is 5.92 Å². The second-order valence-corrected chi connectivity index (χ2v) is 6.43. The van der Waals surface area contributed by atoms with Crippen molar-refractivity contribution < 1.29 is 29.6 Å². The lowest BCUT2D eigenvalue weighted by Gasteiger charge is -2.29. The Balaban J connectivity index is 3.08. The average molecular weight is 360 g/mol. The molecule has 0 amide bonds. The Kier molecular flexibility index (Phi) is 8.62. The molecule has 4 N–H and O–H groups in total. The number of methoxy groups -OCH3 is 1. The van der Waals surface area contributed by atoms with Gasteiger partial charge in [-0.25, -0.2) is 4.79 Å². The first-order valence-corrected chi connectivity index (χ1v) is 8.94. The van der Waals surface area contributed by atoms with Crippen molar-refractivity contribution in [2.24, 2.45) is 10.9 Å². The third-order valence-electron chi connectivity index (χ3n) is 3.64. The second-order valence-electron chi connectivity index (χ2n) is 5.44. The third kappa shape index (κ3) is 6.04. The second kappa shape index (κ2) is 10.2. The van der Waals surface area contributed by atoms with Crippen LogP contribution in [0.25, 0.3) is 0 Å². The van der Waals surface area contributed by atoms with E-state index in [1.54, 1.807) is 11.8 Å². The highest BCUT2D eigenvalue weighted by Crippen LogP contribution is 2.27. The summed E-state index contributed by atoms with van der Waals surface area (Å²) in [6.07, 6.45) is 3.15. The highest BCUT2D eigenvalue weighted by atomic mass is 32.2. The summed E-state index contributed by atoms with van der Waals surface area (Å²) in [4.78, 5) is 26.2. The molecule has 0 aliphatic heterocycles. The van der Waals surface area contributed by atoms with Gasteiger partial charge in [0.2, 0.25) is 0 Å². The number of aliphatic imine (C=N–C) groups is 1. The molecule has 0 spiro atoms. The summed E-state index contributed by atoms with van der Waals surface area (Å²) in [6, 6.07) is -0.782. The van der Waals surface area contributed by atoms with Crippen LogP contribution in [0.15, 0.2) is 16.4 Å². The lowest BCUT2D eigenvalue weighted by molar-refractivity contribution is -0.139. The zero-order valence-electron chi connectivity index (χ0n) is 13.8. The normalized spacial score (nSPS) is 20.8. The number of carboxylic acids is 2. The first-order chi connectivity index (χ1) is 11.4. The van der Waals surface area contributed by atoms with Crippen molar-refractivity contribution in [1.82, 2.24) is 5.32 Å². The number of ether oxygens (including phenoxy) is 1. The average Bonchev–Trinajstić information content (AvgIpc) is 2.55. The number of carbonyl (C=O) groups is 2. The number of hydrogen-bond donors (Lipinski definition) is 4. The van der Waals surface area contributed by atoms with E-state index < -0.39 is 24.5 Å². The van der Waals surface area contributed by atoms with Crippen LogP contribution in [0.1, 0.15) is 19.3 Å². The van der Waals surface area contributed by atoms with Crippen molar-refractivity contribution >= 4 is 29.4 Å². The highest BCUT2D eigenvalue weighted by molar-refractivity contribution is 7.98. The number of nitrogens with one attached hydrogen (secondary N) is 1. The molecule has 9 heteroatoms. The summed E-state index contributed by atoms with van der Waals surface area (Å²) in [6.45, 7) is -0.501. The van der Waals surface area contributed by atoms with Gasteiger partial charge in [0.15, 0.2) is 5.76 Å². The predicted octanol–water partition coefficient (Wildman–Crippen LogP) is 0.568. The molecule has 0 bridgehead atoms. The summed E-state index contributed by atoms with van der Waals surface area (Å²) in [5, 5.41) is 30.6. The van der Waals surface area contributed by atoms with Gasteiger partial charge in [-0.05, 0) is 37.2 Å². The van der Waals surface area contributed by atoms with E-state index in [0.717, 1.165) is 0 Å². The minimum absolute atomic E-state index is 0.100. The topological polar surface area (TPSA) is 128 Å². The number of thioether (sulfide) groups is 1. The van der Waals surface area contributed by atoms with Crippen molar-refractivity contribution in [3.8, 4) is 0 Å². The number of aliphatic hydroxyl groups is 1. The van der Waals surface area contributed by atoms with E-state index in [9.17, 15) is 19.8 Å². The fraction of sp³-hybridized carbons (Fsp3) is 0.667. The monoisotopic (exact) mass is 360 g/mol. The standard InChI is InChI=1S/C15H24N2O6S/c1-23-14-11(16-7-13(19)20)5-9(8-18)6-12(14)17-10(15(21)22)3-4-24-2/h9-10,17-18H,3-8H2,1-2H3,(H,19,20)(H,21,22).